The van der Waals surface area contributed by atoms with Crippen molar-refractivity contribution in [2.45, 2.75) is 12.8 Å². The molecule has 0 bridgehead atoms. The minimum Gasteiger partial charge on any atom is -0.468 e. The number of nitrogens with zero attached hydrogens (tertiary/aromatic N) is 1. The molecule has 0 saturated heterocycles. The van der Waals surface area contributed by atoms with Crippen LogP contribution in [0.3, 0.4) is 0 Å². The zero-order chi connectivity index (χ0) is 13.8. The monoisotopic (exact) mass is 413 g/mol. The van der Waals surface area contributed by atoms with Crippen LogP contribution in [0.1, 0.15) is 18.4 Å². The maximum absolute atomic E-state index is 11.7. The Morgan fingerprint density at radius 3 is 2.85 bits per heavy atom. The molecule has 1 aliphatic rings. The van der Waals surface area contributed by atoms with E-state index in [2.05, 4.69) is 22.0 Å². The molecule has 1 aromatic carbocycles. The third kappa shape index (κ3) is 4.14. The molecule has 0 fully saturated rings. The predicted molar refractivity (Wildman–Crippen MR) is 75.3 cm³/mol. The first-order valence-electron chi connectivity index (χ1n) is 5.92. The Bertz CT molecular complexity index is 519. The smallest absolute Gasteiger partial charge is 0.222 e. The molecule has 1 aliphatic heterocycles. The summed E-state index contributed by atoms with van der Waals surface area (Å²) in [6.45, 7) is 0.207. The minimum absolute atomic E-state index is 0. The zero-order valence-corrected chi connectivity index (χ0v) is 15.9. The van der Waals surface area contributed by atoms with Gasteiger partial charge in [0.1, 0.15) is 5.75 Å². The molecular formula is C14H15BrNO3Y-. The van der Waals surface area contributed by atoms with E-state index in [1.165, 1.54) is 0 Å². The number of ether oxygens (including phenoxy) is 2. The molecule has 1 heterocycles. The Kier molecular flexibility index (Phi) is 7.37. The Labute approximate surface area is 152 Å². The van der Waals surface area contributed by atoms with Gasteiger partial charge in [-0.15, -0.1) is 23.7 Å². The summed E-state index contributed by atoms with van der Waals surface area (Å²) in [4.78, 5) is 13.3. The van der Waals surface area contributed by atoms with Crippen molar-refractivity contribution in [3.8, 4) is 5.75 Å². The summed E-state index contributed by atoms with van der Waals surface area (Å²) in [6, 6.07) is 5.61. The van der Waals surface area contributed by atoms with Gasteiger partial charge in [-0.25, -0.2) is 6.08 Å². The maximum atomic E-state index is 11.7. The topological polar surface area (TPSA) is 38.8 Å². The summed E-state index contributed by atoms with van der Waals surface area (Å²) in [5.74, 6) is 0.822. The second kappa shape index (κ2) is 8.27. The van der Waals surface area contributed by atoms with Crippen LogP contribution in [0.4, 0.5) is 0 Å². The van der Waals surface area contributed by atoms with Crippen LogP contribution in [0.2, 0.25) is 0 Å². The van der Waals surface area contributed by atoms with E-state index < -0.39 is 0 Å². The third-order valence-electron chi connectivity index (χ3n) is 2.88. The Hall–Kier alpha value is -0.226. The van der Waals surface area contributed by atoms with Gasteiger partial charge in [-0.05, 0) is 12.1 Å². The molecule has 20 heavy (non-hydrogen) atoms. The molecule has 0 saturated carbocycles. The van der Waals surface area contributed by atoms with Gasteiger partial charge in [-0.1, -0.05) is 20.4 Å². The van der Waals surface area contributed by atoms with Crippen LogP contribution in [0.25, 0.3) is 5.70 Å². The summed E-state index contributed by atoms with van der Waals surface area (Å²) < 4.78 is 11.1. The Balaban J connectivity index is 0.00000200. The van der Waals surface area contributed by atoms with Gasteiger partial charge in [0.05, 0.1) is 0 Å². The zero-order valence-electron chi connectivity index (χ0n) is 11.5. The molecule has 6 heteroatoms. The van der Waals surface area contributed by atoms with Crippen LogP contribution in [-0.2, 0) is 42.2 Å². The van der Waals surface area contributed by atoms with E-state index in [1.54, 1.807) is 19.1 Å². The molecular weight excluding hydrogens is 399 g/mol. The molecule has 1 aromatic rings. The van der Waals surface area contributed by atoms with Crippen LogP contribution in [0, 0.1) is 6.08 Å². The average molecular weight is 414 g/mol. The Morgan fingerprint density at radius 2 is 2.20 bits per heavy atom. The van der Waals surface area contributed by atoms with Crippen LogP contribution < -0.4 is 4.74 Å². The van der Waals surface area contributed by atoms with Crippen molar-refractivity contribution >= 4 is 27.5 Å². The number of hydrogen-bond donors (Lipinski definition) is 0. The third-order valence-corrected chi connectivity index (χ3v) is 3.54. The van der Waals surface area contributed by atoms with Gasteiger partial charge in [0.15, 0.2) is 6.79 Å². The summed E-state index contributed by atoms with van der Waals surface area (Å²) in [5.41, 5.74) is 1.74. The first-order valence-corrected chi connectivity index (χ1v) is 6.72. The van der Waals surface area contributed by atoms with Crippen LogP contribution >= 0.6 is 15.9 Å². The van der Waals surface area contributed by atoms with Crippen molar-refractivity contribution in [1.82, 2.24) is 4.90 Å². The number of carbonyl (C=O) groups excluding carboxylic acids is 1. The fourth-order valence-corrected chi connectivity index (χ4v) is 2.42. The molecule has 2 rings (SSSR count). The Morgan fingerprint density at radius 1 is 1.45 bits per heavy atom. The summed E-state index contributed by atoms with van der Waals surface area (Å²) >= 11 is 3.50. The fraction of sp³-hybridized carbons (Fsp3) is 0.357. The number of benzene rings is 1. The van der Waals surface area contributed by atoms with Gasteiger partial charge in [-0.2, -0.15) is 0 Å². The van der Waals surface area contributed by atoms with Crippen molar-refractivity contribution in [2.24, 2.45) is 0 Å². The summed E-state index contributed by atoms with van der Waals surface area (Å²) in [6.07, 6.45) is 4.43. The van der Waals surface area contributed by atoms with Gasteiger partial charge in [0, 0.05) is 53.3 Å². The molecule has 0 N–H and O–H groups in total. The number of hydrogen-bond acceptors (Lipinski definition) is 3. The van der Waals surface area contributed by atoms with E-state index >= 15 is 0 Å². The second-order valence-corrected chi connectivity index (χ2v) is 5.02. The van der Waals surface area contributed by atoms with Gasteiger partial charge in [0.25, 0.3) is 0 Å². The van der Waals surface area contributed by atoms with Crippen molar-refractivity contribution in [3.63, 3.8) is 0 Å². The molecule has 0 unspecified atom stereocenters. The summed E-state index contributed by atoms with van der Waals surface area (Å²) in [7, 11) is 3.34. The van der Waals surface area contributed by atoms with E-state index in [1.807, 2.05) is 18.2 Å². The molecule has 1 amide bonds. The van der Waals surface area contributed by atoms with E-state index in [0.29, 0.717) is 18.6 Å². The van der Waals surface area contributed by atoms with Gasteiger partial charge in [0.2, 0.25) is 5.91 Å². The maximum Gasteiger partial charge on any atom is 0.222 e. The first kappa shape index (κ1) is 17.8. The van der Waals surface area contributed by atoms with Gasteiger partial charge in [-0.3, -0.25) is 4.79 Å². The number of amides is 1. The number of carbonyl (C=O) groups is 1. The quantitative estimate of drug-likeness (QED) is 0.562. The normalized spacial score (nSPS) is 14.7. The molecule has 0 aliphatic carbocycles. The minimum atomic E-state index is 0. The molecule has 0 aromatic heterocycles. The first-order chi connectivity index (χ1) is 9.13. The second-order valence-electron chi connectivity index (χ2n) is 4.17. The summed E-state index contributed by atoms with van der Waals surface area (Å²) in [5, 5.41) is 0. The van der Waals surface area contributed by atoms with Gasteiger partial charge < -0.3 is 14.4 Å². The number of methoxy groups -OCH3 is 1. The van der Waals surface area contributed by atoms with E-state index in [9.17, 15) is 4.79 Å². The van der Waals surface area contributed by atoms with Crippen molar-refractivity contribution < 1.29 is 47.0 Å². The fourth-order valence-electron chi connectivity index (χ4n) is 1.88. The van der Waals surface area contributed by atoms with Crippen LogP contribution in [-0.4, -0.2) is 31.8 Å². The predicted octanol–water partition coefficient (Wildman–Crippen LogP) is 2.83. The largest absolute Gasteiger partial charge is 0.468 e. The van der Waals surface area contributed by atoms with Gasteiger partial charge >= 0.3 is 0 Å². The SMILES string of the molecule is COCOc1ccc(C2=[C-]CCC(=O)N2C)c(Br)c1.[Y]. The van der Waals surface area contributed by atoms with E-state index in [0.717, 1.165) is 15.7 Å². The van der Waals surface area contributed by atoms with Crippen LogP contribution in [0.15, 0.2) is 22.7 Å². The standard InChI is InChI=1S/C14H15BrNO3.Y/c1-16-13(4-3-5-14(16)17)11-7-6-10(8-12(11)15)19-9-18-2;/h6-8H,3,5,9H2,1-2H3;/q-1;. The van der Waals surface area contributed by atoms with Crippen molar-refractivity contribution in [2.75, 3.05) is 21.0 Å². The van der Waals surface area contributed by atoms with Crippen molar-refractivity contribution in [1.29, 1.82) is 0 Å². The van der Waals surface area contributed by atoms with Crippen LogP contribution in [0.5, 0.6) is 5.75 Å². The molecule has 1 radical (unpaired) electrons. The number of halogens is 1. The number of allylic oxidation sites excluding steroid dienone is 1. The molecule has 105 valence electrons. The van der Waals surface area contributed by atoms with Crippen molar-refractivity contribution in [3.05, 3.63) is 34.3 Å². The molecule has 0 atom stereocenters. The van der Waals surface area contributed by atoms with E-state index in [-0.39, 0.29) is 45.4 Å². The number of rotatable bonds is 4. The molecule has 0 spiro atoms. The molecule has 4 nitrogen and oxygen atoms in total. The van der Waals surface area contributed by atoms with E-state index in [4.69, 9.17) is 9.47 Å². The average Bonchev–Trinajstić information content (AvgIpc) is 2.40.